The number of aromatic nitrogens is 2. The molecule has 0 aliphatic carbocycles. The van der Waals surface area contributed by atoms with Crippen LogP contribution in [0.25, 0.3) is 10.9 Å². The van der Waals surface area contributed by atoms with Crippen LogP contribution in [0.5, 0.6) is 0 Å². The van der Waals surface area contributed by atoms with Crippen molar-refractivity contribution in [2.75, 3.05) is 0 Å². The molecule has 0 atom stereocenters. The van der Waals surface area contributed by atoms with Gasteiger partial charge in [0.2, 0.25) is 0 Å². The number of hydrogen-bond acceptors (Lipinski definition) is 2. The van der Waals surface area contributed by atoms with Crippen LogP contribution in [-0.2, 0) is 0 Å². The Balaban J connectivity index is 2.84. The first-order valence-corrected chi connectivity index (χ1v) is 4.20. The fourth-order valence-electron chi connectivity index (χ4n) is 1.30. The zero-order chi connectivity index (χ0) is 9.42. The Bertz CT molecular complexity index is 475. The van der Waals surface area contributed by atoms with E-state index >= 15 is 0 Å². The highest BCUT2D eigenvalue weighted by molar-refractivity contribution is 6.32. The van der Waals surface area contributed by atoms with Crippen molar-refractivity contribution in [1.82, 2.24) is 10.2 Å². The van der Waals surface area contributed by atoms with E-state index in [0.29, 0.717) is 10.6 Å². The van der Waals surface area contributed by atoms with E-state index in [-0.39, 0.29) is 5.78 Å². The Kier molecular flexibility index (Phi) is 1.81. The van der Waals surface area contributed by atoms with Gasteiger partial charge in [-0.15, -0.1) is 0 Å². The smallest absolute Gasteiger partial charge is 0.162 e. The highest BCUT2D eigenvalue weighted by Gasteiger charge is 2.08. The standard InChI is InChI=1S/C9H7ClN2O/c1-5(13)8-3-7(10)2-6-4-11-12-9(6)8/h2-4H,1H3,(H,11,12). The number of fused-ring (bicyclic) bond motifs is 1. The molecule has 1 aromatic heterocycles. The van der Waals surface area contributed by atoms with E-state index < -0.39 is 0 Å². The third-order valence-electron chi connectivity index (χ3n) is 1.89. The quantitative estimate of drug-likeness (QED) is 0.709. The molecule has 0 saturated carbocycles. The molecule has 0 spiro atoms. The van der Waals surface area contributed by atoms with Gasteiger partial charge >= 0.3 is 0 Å². The SMILES string of the molecule is CC(=O)c1cc(Cl)cc2cn[nH]c12. The van der Waals surface area contributed by atoms with Gasteiger partial charge in [-0.1, -0.05) is 11.6 Å². The van der Waals surface area contributed by atoms with Gasteiger partial charge < -0.3 is 0 Å². The number of nitrogens with one attached hydrogen (secondary N) is 1. The van der Waals surface area contributed by atoms with Gasteiger partial charge in [0, 0.05) is 16.0 Å². The van der Waals surface area contributed by atoms with E-state index in [2.05, 4.69) is 10.2 Å². The summed E-state index contributed by atoms with van der Waals surface area (Å²) in [5.41, 5.74) is 1.33. The fourth-order valence-corrected chi connectivity index (χ4v) is 1.53. The lowest BCUT2D eigenvalue weighted by Crippen LogP contribution is -1.93. The number of halogens is 1. The Labute approximate surface area is 79.7 Å². The summed E-state index contributed by atoms with van der Waals surface area (Å²) in [4.78, 5) is 11.2. The van der Waals surface area contributed by atoms with Crippen LogP contribution in [0.3, 0.4) is 0 Å². The molecule has 0 aliphatic rings. The largest absolute Gasteiger partial charge is 0.294 e. The minimum atomic E-state index is -0.0169. The molecule has 2 aromatic rings. The first kappa shape index (κ1) is 8.26. The van der Waals surface area contributed by atoms with Crippen LogP contribution >= 0.6 is 11.6 Å². The van der Waals surface area contributed by atoms with Crippen molar-refractivity contribution in [3.05, 3.63) is 28.9 Å². The van der Waals surface area contributed by atoms with Gasteiger partial charge in [0.15, 0.2) is 5.78 Å². The maximum absolute atomic E-state index is 11.2. The minimum Gasteiger partial charge on any atom is -0.294 e. The predicted molar refractivity (Wildman–Crippen MR) is 51.1 cm³/mol. The number of Topliss-reactive ketones (excluding diaryl/α,β-unsaturated/α-hetero) is 1. The van der Waals surface area contributed by atoms with Crippen LogP contribution < -0.4 is 0 Å². The summed E-state index contributed by atoms with van der Waals surface area (Å²) < 4.78 is 0. The first-order chi connectivity index (χ1) is 6.18. The van der Waals surface area contributed by atoms with Crippen molar-refractivity contribution >= 4 is 28.3 Å². The second-order valence-corrected chi connectivity index (χ2v) is 3.28. The molecular formula is C9H7ClN2O. The Hall–Kier alpha value is -1.35. The average Bonchev–Trinajstić information content (AvgIpc) is 2.49. The number of nitrogens with zero attached hydrogens (tertiary/aromatic N) is 1. The zero-order valence-electron chi connectivity index (χ0n) is 6.97. The normalized spacial score (nSPS) is 10.6. The lowest BCUT2D eigenvalue weighted by Gasteiger charge is -1.98. The number of rotatable bonds is 1. The topological polar surface area (TPSA) is 45.8 Å². The van der Waals surface area contributed by atoms with E-state index in [1.807, 2.05) is 0 Å². The molecule has 0 radical (unpaired) electrons. The van der Waals surface area contributed by atoms with Crippen LogP contribution in [0.1, 0.15) is 17.3 Å². The van der Waals surface area contributed by atoms with E-state index in [0.717, 1.165) is 10.9 Å². The molecule has 0 amide bonds. The van der Waals surface area contributed by atoms with Crippen LogP contribution in [0.4, 0.5) is 0 Å². The third-order valence-corrected chi connectivity index (χ3v) is 2.11. The number of carbonyl (C=O) groups excluding carboxylic acids is 1. The molecule has 2 rings (SSSR count). The molecule has 1 aromatic carbocycles. The molecule has 0 unspecified atom stereocenters. The van der Waals surface area contributed by atoms with Crippen molar-refractivity contribution in [3.8, 4) is 0 Å². The number of carbonyl (C=O) groups is 1. The number of H-pyrrole nitrogens is 1. The lowest BCUT2D eigenvalue weighted by atomic mass is 10.1. The second-order valence-electron chi connectivity index (χ2n) is 2.84. The van der Waals surface area contributed by atoms with Crippen LogP contribution in [-0.4, -0.2) is 16.0 Å². The maximum Gasteiger partial charge on any atom is 0.162 e. The number of aromatic amines is 1. The Morgan fingerprint density at radius 2 is 2.31 bits per heavy atom. The van der Waals surface area contributed by atoms with Crippen molar-refractivity contribution in [2.24, 2.45) is 0 Å². The molecule has 1 heterocycles. The molecule has 3 nitrogen and oxygen atoms in total. The lowest BCUT2D eigenvalue weighted by molar-refractivity contribution is 0.101. The molecule has 1 N–H and O–H groups in total. The maximum atomic E-state index is 11.2. The number of benzene rings is 1. The summed E-state index contributed by atoms with van der Waals surface area (Å²) >= 11 is 5.83. The second kappa shape index (κ2) is 2.85. The average molecular weight is 195 g/mol. The van der Waals surface area contributed by atoms with E-state index in [9.17, 15) is 4.79 Å². The summed E-state index contributed by atoms with van der Waals surface area (Å²) in [5.74, 6) is -0.0169. The van der Waals surface area contributed by atoms with Gasteiger partial charge in [-0.3, -0.25) is 9.89 Å². The molecule has 13 heavy (non-hydrogen) atoms. The fraction of sp³-hybridized carbons (Fsp3) is 0.111. The van der Waals surface area contributed by atoms with E-state index in [4.69, 9.17) is 11.6 Å². The summed E-state index contributed by atoms with van der Waals surface area (Å²) in [6.07, 6.45) is 1.65. The molecule has 0 bridgehead atoms. The van der Waals surface area contributed by atoms with Crippen LogP contribution in [0.2, 0.25) is 5.02 Å². The van der Waals surface area contributed by atoms with Crippen molar-refractivity contribution in [2.45, 2.75) is 6.92 Å². The van der Waals surface area contributed by atoms with Gasteiger partial charge in [-0.25, -0.2) is 0 Å². The third kappa shape index (κ3) is 1.31. The highest BCUT2D eigenvalue weighted by Crippen LogP contribution is 2.22. The molecule has 66 valence electrons. The molecule has 0 aliphatic heterocycles. The van der Waals surface area contributed by atoms with Crippen molar-refractivity contribution < 1.29 is 4.79 Å². The van der Waals surface area contributed by atoms with Crippen LogP contribution in [0, 0.1) is 0 Å². The molecule has 4 heteroatoms. The van der Waals surface area contributed by atoms with Crippen molar-refractivity contribution in [1.29, 1.82) is 0 Å². The Morgan fingerprint density at radius 3 is 3.00 bits per heavy atom. The number of hydrogen-bond donors (Lipinski definition) is 1. The van der Waals surface area contributed by atoms with E-state index in [1.54, 1.807) is 18.3 Å². The minimum absolute atomic E-state index is 0.0169. The summed E-state index contributed by atoms with van der Waals surface area (Å²) in [6.45, 7) is 1.51. The van der Waals surface area contributed by atoms with Crippen LogP contribution in [0.15, 0.2) is 18.3 Å². The summed E-state index contributed by atoms with van der Waals surface area (Å²) in [5, 5.41) is 8.03. The summed E-state index contributed by atoms with van der Waals surface area (Å²) in [7, 11) is 0. The van der Waals surface area contributed by atoms with E-state index in [1.165, 1.54) is 6.92 Å². The van der Waals surface area contributed by atoms with Gasteiger partial charge in [0.1, 0.15) is 0 Å². The monoisotopic (exact) mass is 194 g/mol. The summed E-state index contributed by atoms with van der Waals surface area (Å²) in [6, 6.07) is 3.41. The van der Waals surface area contributed by atoms with Gasteiger partial charge in [-0.2, -0.15) is 5.10 Å². The highest BCUT2D eigenvalue weighted by atomic mass is 35.5. The zero-order valence-corrected chi connectivity index (χ0v) is 7.72. The molecular weight excluding hydrogens is 188 g/mol. The Morgan fingerprint density at radius 1 is 1.54 bits per heavy atom. The molecule has 0 fully saturated rings. The van der Waals surface area contributed by atoms with Gasteiger partial charge in [0.25, 0.3) is 0 Å². The van der Waals surface area contributed by atoms with Gasteiger partial charge in [0.05, 0.1) is 11.7 Å². The van der Waals surface area contributed by atoms with Gasteiger partial charge in [-0.05, 0) is 19.1 Å². The first-order valence-electron chi connectivity index (χ1n) is 3.82. The predicted octanol–water partition coefficient (Wildman–Crippen LogP) is 2.42. The van der Waals surface area contributed by atoms with Crippen molar-refractivity contribution in [3.63, 3.8) is 0 Å². The molecule has 0 saturated heterocycles. The number of ketones is 1.